The Kier molecular flexibility index (Phi) is 4.10. The highest BCUT2D eigenvalue weighted by Crippen LogP contribution is 2.26. The molecule has 0 radical (unpaired) electrons. The van der Waals surface area contributed by atoms with Crippen molar-refractivity contribution < 1.29 is 20.2 Å². The number of nitrogens with zero attached hydrogens (tertiary/aromatic N) is 1. The molecular weight excluding hydrogens is 258 g/mol. The monoisotopic (exact) mass is 273 g/mol. The molecule has 0 atom stereocenters. The fourth-order valence-electron chi connectivity index (χ4n) is 1.87. The van der Waals surface area contributed by atoms with Gasteiger partial charge in [-0.05, 0) is 35.9 Å². The SMILES string of the molecule is COc1cccc(C/C(=N\O)c2ccc(O)c(O)c2)c1. The van der Waals surface area contributed by atoms with Crippen LogP contribution >= 0.6 is 0 Å². The lowest BCUT2D eigenvalue weighted by atomic mass is 10.0. The molecule has 0 aliphatic carbocycles. The van der Waals surface area contributed by atoms with E-state index in [-0.39, 0.29) is 11.5 Å². The van der Waals surface area contributed by atoms with Gasteiger partial charge >= 0.3 is 0 Å². The maximum Gasteiger partial charge on any atom is 0.158 e. The molecule has 5 nitrogen and oxygen atoms in total. The molecule has 0 fully saturated rings. The molecule has 0 saturated heterocycles. The van der Waals surface area contributed by atoms with Crippen LogP contribution in [0.15, 0.2) is 47.6 Å². The number of methoxy groups -OCH3 is 1. The van der Waals surface area contributed by atoms with Crippen molar-refractivity contribution >= 4 is 5.71 Å². The minimum atomic E-state index is -0.255. The first-order chi connectivity index (χ1) is 9.63. The van der Waals surface area contributed by atoms with Gasteiger partial charge in [0.2, 0.25) is 0 Å². The minimum Gasteiger partial charge on any atom is -0.504 e. The normalized spacial score (nSPS) is 11.3. The Morgan fingerprint density at radius 1 is 1.10 bits per heavy atom. The van der Waals surface area contributed by atoms with Gasteiger partial charge in [-0.15, -0.1) is 0 Å². The van der Waals surface area contributed by atoms with Gasteiger partial charge in [-0.2, -0.15) is 0 Å². The zero-order valence-corrected chi connectivity index (χ0v) is 10.9. The van der Waals surface area contributed by atoms with Crippen molar-refractivity contribution in [3.05, 3.63) is 53.6 Å². The van der Waals surface area contributed by atoms with E-state index >= 15 is 0 Å². The Morgan fingerprint density at radius 3 is 2.55 bits per heavy atom. The molecule has 2 rings (SSSR count). The smallest absolute Gasteiger partial charge is 0.158 e. The van der Waals surface area contributed by atoms with Crippen molar-refractivity contribution in [3.8, 4) is 17.2 Å². The Morgan fingerprint density at radius 2 is 1.90 bits per heavy atom. The standard InChI is InChI=1S/C15H15NO4/c1-20-12-4-2-3-10(7-12)8-13(16-19)11-5-6-14(17)15(18)9-11/h2-7,9,17-19H,8H2,1H3/b16-13+. The van der Waals surface area contributed by atoms with Crippen molar-refractivity contribution in [1.29, 1.82) is 0 Å². The van der Waals surface area contributed by atoms with E-state index in [0.29, 0.717) is 23.4 Å². The molecule has 20 heavy (non-hydrogen) atoms. The second-order valence-corrected chi connectivity index (χ2v) is 4.28. The molecule has 104 valence electrons. The Balaban J connectivity index is 2.26. The highest BCUT2D eigenvalue weighted by Gasteiger charge is 2.09. The van der Waals surface area contributed by atoms with Gasteiger partial charge in [0.1, 0.15) is 5.75 Å². The first-order valence-electron chi connectivity index (χ1n) is 6.00. The van der Waals surface area contributed by atoms with Crippen LogP contribution in [0, 0.1) is 0 Å². The summed E-state index contributed by atoms with van der Waals surface area (Å²) in [5.41, 5.74) is 1.82. The number of oxime groups is 1. The lowest BCUT2D eigenvalue weighted by Gasteiger charge is -2.08. The molecule has 0 heterocycles. The van der Waals surface area contributed by atoms with Crippen LogP contribution in [-0.2, 0) is 6.42 Å². The van der Waals surface area contributed by atoms with E-state index in [2.05, 4.69) is 5.16 Å². The second-order valence-electron chi connectivity index (χ2n) is 4.28. The fourth-order valence-corrected chi connectivity index (χ4v) is 1.87. The van der Waals surface area contributed by atoms with Crippen molar-refractivity contribution in [2.24, 2.45) is 5.16 Å². The quantitative estimate of drug-likeness (QED) is 0.346. The lowest BCUT2D eigenvalue weighted by molar-refractivity contribution is 0.318. The van der Waals surface area contributed by atoms with Gasteiger partial charge in [-0.1, -0.05) is 17.3 Å². The van der Waals surface area contributed by atoms with Gasteiger partial charge in [0, 0.05) is 12.0 Å². The highest BCUT2D eigenvalue weighted by molar-refractivity contribution is 6.02. The maximum absolute atomic E-state index is 9.49. The maximum atomic E-state index is 9.49. The van der Waals surface area contributed by atoms with Crippen molar-refractivity contribution in [2.45, 2.75) is 6.42 Å². The molecule has 2 aromatic rings. The largest absolute Gasteiger partial charge is 0.504 e. The molecule has 0 aliphatic rings. The van der Waals surface area contributed by atoms with E-state index in [4.69, 9.17) is 9.94 Å². The summed E-state index contributed by atoms with van der Waals surface area (Å²) in [6.45, 7) is 0. The summed E-state index contributed by atoms with van der Waals surface area (Å²) >= 11 is 0. The number of phenols is 2. The van der Waals surface area contributed by atoms with Crippen molar-refractivity contribution in [2.75, 3.05) is 7.11 Å². The minimum absolute atomic E-state index is 0.215. The van der Waals surface area contributed by atoms with Gasteiger partial charge in [-0.25, -0.2) is 0 Å². The Labute approximate surface area is 116 Å². The number of phenolic OH excluding ortho intramolecular Hbond substituents is 2. The first kappa shape index (κ1) is 13.7. The van der Waals surface area contributed by atoms with Gasteiger partial charge in [-0.3, -0.25) is 0 Å². The topological polar surface area (TPSA) is 82.3 Å². The molecule has 2 aromatic carbocycles. The summed E-state index contributed by atoms with van der Waals surface area (Å²) in [5.74, 6) is 0.245. The molecule has 0 spiro atoms. The number of hydrogen-bond donors (Lipinski definition) is 3. The van der Waals surface area contributed by atoms with Crippen LogP contribution in [0.3, 0.4) is 0 Å². The molecule has 0 unspecified atom stereocenters. The second kappa shape index (κ2) is 5.97. The van der Waals surface area contributed by atoms with E-state index in [0.717, 1.165) is 5.56 Å². The molecular formula is C15H15NO4. The number of benzene rings is 2. The summed E-state index contributed by atoms with van der Waals surface area (Å²) in [4.78, 5) is 0. The van der Waals surface area contributed by atoms with E-state index in [9.17, 15) is 10.2 Å². The van der Waals surface area contributed by atoms with Crippen LogP contribution in [-0.4, -0.2) is 28.2 Å². The number of ether oxygens (including phenoxy) is 1. The average molecular weight is 273 g/mol. The average Bonchev–Trinajstić information content (AvgIpc) is 2.48. The van der Waals surface area contributed by atoms with E-state index < -0.39 is 0 Å². The summed E-state index contributed by atoms with van der Waals surface area (Å²) in [6, 6.07) is 11.7. The molecule has 0 saturated carbocycles. The number of aromatic hydroxyl groups is 2. The Bertz CT molecular complexity index is 638. The third-order valence-corrected chi connectivity index (χ3v) is 2.94. The first-order valence-corrected chi connectivity index (χ1v) is 6.00. The summed E-state index contributed by atoms with van der Waals surface area (Å²) in [5, 5.41) is 31.2. The third-order valence-electron chi connectivity index (χ3n) is 2.94. The highest BCUT2D eigenvalue weighted by atomic mass is 16.5. The van der Waals surface area contributed by atoms with Crippen molar-refractivity contribution in [3.63, 3.8) is 0 Å². The zero-order valence-electron chi connectivity index (χ0n) is 10.9. The van der Waals surface area contributed by atoms with Gasteiger partial charge in [0.25, 0.3) is 0 Å². The van der Waals surface area contributed by atoms with E-state index in [1.165, 1.54) is 12.1 Å². The predicted molar refractivity (Wildman–Crippen MR) is 74.8 cm³/mol. The lowest BCUT2D eigenvalue weighted by Crippen LogP contribution is -2.05. The molecule has 0 bridgehead atoms. The zero-order chi connectivity index (χ0) is 14.5. The number of rotatable bonds is 4. The van der Waals surface area contributed by atoms with E-state index in [1.807, 2.05) is 24.3 Å². The molecule has 0 aliphatic heterocycles. The summed E-state index contributed by atoms with van der Waals surface area (Å²) in [7, 11) is 1.58. The third kappa shape index (κ3) is 3.00. The van der Waals surface area contributed by atoms with Crippen LogP contribution in [0.1, 0.15) is 11.1 Å². The van der Waals surface area contributed by atoms with E-state index in [1.54, 1.807) is 13.2 Å². The van der Waals surface area contributed by atoms with Gasteiger partial charge in [0.05, 0.1) is 12.8 Å². The van der Waals surface area contributed by atoms with Crippen LogP contribution in [0.5, 0.6) is 17.2 Å². The molecule has 0 aromatic heterocycles. The summed E-state index contributed by atoms with van der Waals surface area (Å²) < 4.78 is 5.14. The van der Waals surface area contributed by atoms with Crippen LogP contribution < -0.4 is 4.74 Å². The number of hydrogen-bond acceptors (Lipinski definition) is 5. The molecule has 0 amide bonds. The van der Waals surface area contributed by atoms with Crippen LogP contribution in [0.25, 0.3) is 0 Å². The van der Waals surface area contributed by atoms with Gasteiger partial charge < -0.3 is 20.2 Å². The predicted octanol–water partition coefficient (Wildman–Crippen LogP) is 2.53. The Hall–Kier alpha value is -2.69. The summed E-state index contributed by atoms with van der Waals surface area (Å²) in [6.07, 6.45) is 0.373. The van der Waals surface area contributed by atoms with Gasteiger partial charge in [0.15, 0.2) is 11.5 Å². The fraction of sp³-hybridized carbons (Fsp3) is 0.133. The van der Waals surface area contributed by atoms with Crippen LogP contribution in [0.2, 0.25) is 0 Å². The van der Waals surface area contributed by atoms with Crippen molar-refractivity contribution in [1.82, 2.24) is 0 Å². The molecule has 3 N–H and O–H groups in total. The molecule has 5 heteroatoms. The van der Waals surface area contributed by atoms with Crippen LogP contribution in [0.4, 0.5) is 0 Å².